The van der Waals surface area contributed by atoms with E-state index in [1.165, 1.54) is 0 Å². The van der Waals surface area contributed by atoms with Crippen LogP contribution in [0.4, 0.5) is 0 Å². The van der Waals surface area contributed by atoms with E-state index in [0.29, 0.717) is 5.89 Å². The first-order chi connectivity index (χ1) is 10.3. The van der Waals surface area contributed by atoms with Crippen LogP contribution in [0.25, 0.3) is 22.8 Å². The van der Waals surface area contributed by atoms with Gasteiger partial charge in [0.1, 0.15) is 5.75 Å². The number of nitrogens with zero attached hydrogens (tertiary/aromatic N) is 1. The maximum atomic E-state index is 5.95. The molecule has 3 nitrogen and oxygen atoms in total. The lowest BCUT2D eigenvalue weighted by atomic mass is 10.2. The van der Waals surface area contributed by atoms with Gasteiger partial charge in [-0.15, -0.1) is 0 Å². The Labute approximate surface area is 137 Å². The van der Waals surface area contributed by atoms with Crippen LogP contribution < -0.4 is 4.74 Å². The van der Waals surface area contributed by atoms with Crippen molar-refractivity contribution in [3.05, 3.63) is 60.3 Å². The van der Waals surface area contributed by atoms with Crippen LogP contribution in [-0.4, -0.2) is 12.1 Å². The highest BCUT2D eigenvalue weighted by Gasteiger charge is 2.15. The van der Waals surface area contributed by atoms with E-state index < -0.39 is 0 Å². The number of methoxy groups -OCH3 is 1. The van der Waals surface area contributed by atoms with E-state index in [0.717, 1.165) is 32.8 Å². The number of oxazole rings is 1. The van der Waals surface area contributed by atoms with Crippen molar-refractivity contribution in [3.63, 3.8) is 0 Å². The lowest BCUT2D eigenvalue weighted by Gasteiger charge is -2.00. The molecule has 3 rings (SSSR count). The second-order valence-electron chi connectivity index (χ2n) is 4.37. The van der Waals surface area contributed by atoms with Crippen molar-refractivity contribution in [1.82, 2.24) is 4.98 Å². The molecule has 0 N–H and O–H groups in total. The van der Waals surface area contributed by atoms with Crippen molar-refractivity contribution < 1.29 is 9.15 Å². The highest BCUT2D eigenvalue weighted by atomic mass is 127. The molecule has 0 saturated heterocycles. The molecule has 0 radical (unpaired) electrons. The van der Waals surface area contributed by atoms with Crippen molar-refractivity contribution in [2.45, 2.75) is 4.43 Å². The minimum Gasteiger partial charge on any atom is -0.497 e. The standard InChI is InChI=1S/C17H12INO2/c1-20-14-9-5-8-13(10-14)17-19-15(11-18)16(21-17)12-6-3-2-4-7-12/h2-3,5-6,8-10H,11H2,1H3. The molecular weight excluding hydrogens is 377 g/mol. The summed E-state index contributed by atoms with van der Waals surface area (Å²) in [5, 5.41) is 0. The monoisotopic (exact) mass is 389 g/mol. The van der Waals surface area contributed by atoms with Gasteiger partial charge in [-0.1, -0.05) is 46.9 Å². The SMILES string of the molecule is COc1cccc(-c2nc(CI)c(-c3c#cccc3)o2)c1. The molecule has 2 aromatic carbocycles. The molecule has 0 bridgehead atoms. The Balaban J connectivity index is 2.07. The van der Waals surface area contributed by atoms with Gasteiger partial charge in [-0.2, -0.15) is 0 Å². The average molecular weight is 389 g/mol. The van der Waals surface area contributed by atoms with Crippen LogP contribution in [0, 0.1) is 12.1 Å². The van der Waals surface area contributed by atoms with Crippen LogP contribution in [-0.2, 0) is 4.43 Å². The second kappa shape index (κ2) is 6.19. The zero-order chi connectivity index (χ0) is 14.7. The molecule has 0 amide bonds. The topological polar surface area (TPSA) is 35.3 Å². The van der Waals surface area contributed by atoms with Gasteiger partial charge in [0.05, 0.1) is 18.4 Å². The van der Waals surface area contributed by atoms with Crippen molar-refractivity contribution in [3.8, 4) is 28.5 Å². The van der Waals surface area contributed by atoms with Crippen LogP contribution in [0.2, 0.25) is 0 Å². The molecule has 104 valence electrons. The molecule has 1 aromatic heterocycles. The lowest BCUT2D eigenvalue weighted by Crippen LogP contribution is -1.84. The molecule has 1 heterocycles. The summed E-state index contributed by atoms with van der Waals surface area (Å²) >= 11 is 2.28. The van der Waals surface area contributed by atoms with Gasteiger partial charge in [-0.05, 0) is 30.3 Å². The largest absolute Gasteiger partial charge is 0.497 e. The second-order valence-corrected chi connectivity index (χ2v) is 5.13. The third-order valence-electron chi connectivity index (χ3n) is 3.03. The summed E-state index contributed by atoms with van der Waals surface area (Å²) in [5.41, 5.74) is 2.67. The summed E-state index contributed by atoms with van der Waals surface area (Å²) in [7, 11) is 1.64. The number of alkyl halides is 1. The Hall–Kier alpha value is -2.00. The summed E-state index contributed by atoms with van der Waals surface area (Å²) in [6.45, 7) is 0. The zero-order valence-electron chi connectivity index (χ0n) is 11.4. The van der Waals surface area contributed by atoms with E-state index in [1.807, 2.05) is 42.5 Å². The van der Waals surface area contributed by atoms with E-state index in [4.69, 9.17) is 9.15 Å². The maximum absolute atomic E-state index is 5.95. The van der Waals surface area contributed by atoms with Gasteiger partial charge in [-0.25, -0.2) is 4.98 Å². The van der Waals surface area contributed by atoms with Crippen molar-refractivity contribution in [1.29, 1.82) is 0 Å². The Morgan fingerprint density at radius 2 is 2.19 bits per heavy atom. The normalized spacial score (nSPS) is 10.2. The van der Waals surface area contributed by atoms with Crippen molar-refractivity contribution >= 4 is 22.6 Å². The van der Waals surface area contributed by atoms with Crippen LogP contribution >= 0.6 is 22.6 Å². The molecule has 0 fully saturated rings. The van der Waals surface area contributed by atoms with Gasteiger partial charge < -0.3 is 9.15 Å². The number of hydrogen-bond acceptors (Lipinski definition) is 3. The highest BCUT2D eigenvalue weighted by molar-refractivity contribution is 14.1. The van der Waals surface area contributed by atoms with Crippen LogP contribution in [0.5, 0.6) is 5.75 Å². The summed E-state index contributed by atoms with van der Waals surface area (Å²) in [4.78, 5) is 4.59. The fourth-order valence-electron chi connectivity index (χ4n) is 2.02. The predicted octanol–water partition coefficient (Wildman–Crippen LogP) is 4.55. The van der Waals surface area contributed by atoms with Crippen molar-refractivity contribution in [2.24, 2.45) is 0 Å². The molecule has 0 aliphatic carbocycles. The Morgan fingerprint density at radius 1 is 1.29 bits per heavy atom. The first-order valence-corrected chi connectivity index (χ1v) is 7.93. The third-order valence-corrected chi connectivity index (χ3v) is 3.76. The van der Waals surface area contributed by atoms with Gasteiger partial charge in [-0.3, -0.25) is 0 Å². The van der Waals surface area contributed by atoms with Crippen LogP contribution in [0.15, 0.2) is 46.9 Å². The molecule has 0 aliphatic heterocycles. The number of rotatable bonds is 4. The number of ether oxygens (including phenoxy) is 1. The Morgan fingerprint density at radius 3 is 2.90 bits per heavy atom. The van der Waals surface area contributed by atoms with Gasteiger partial charge in [0.15, 0.2) is 5.76 Å². The fraction of sp³-hybridized carbons (Fsp3) is 0.118. The van der Waals surface area contributed by atoms with E-state index in [9.17, 15) is 0 Å². The van der Waals surface area contributed by atoms with Gasteiger partial charge >= 0.3 is 0 Å². The van der Waals surface area contributed by atoms with Gasteiger partial charge in [0, 0.05) is 9.99 Å². The Bertz CT molecular complexity index is 738. The molecule has 0 atom stereocenters. The Kier molecular flexibility index (Phi) is 4.11. The molecule has 0 saturated carbocycles. The zero-order valence-corrected chi connectivity index (χ0v) is 13.5. The van der Waals surface area contributed by atoms with Gasteiger partial charge in [0.2, 0.25) is 5.89 Å². The summed E-state index contributed by atoms with van der Waals surface area (Å²) < 4.78 is 12.0. The molecule has 3 aromatic rings. The highest BCUT2D eigenvalue weighted by Crippen LogP contribution is 2.31. The number of aromatic nitrogens is 1. The van der Waals surface area contributed by atoms with Gasteiger partial charge in [0.25, 0.3) is 0 Å². The molecule has 0 spiro atoms. The maximum Gasteiger partial charge on any atom is 0.227 e. The van der Waals surface area contributed by atoms with E-state index in [-0.39, 0.29) is 0 Å². The first kappa shape index (κ1) is 14.0. The third kappa shape index (κ3) is 2.88. The average Bonchev–Trinajstić information content (AvgIpc) is 3.00. The molecular formula is C17H12INO2. The number of hydrogen-bond donors (Lipinski definition) is 0. The fourth-order valence-corrected chi connectivity index (χ4v) is 2.54. The molecule has 0 aliphatic rings. The molecule has 0 unspecified atom stereocenters. The van der Waals surface area contributed by atoms with Crippen molar-refractivity contribution in [2.75, 3.05) is 7.11 Å². The lowest BCUT2D eigenvalue weighted by molar-refractivity contribution is 0.415. The molecule has 21 heavy (non-hydrogen) atoms. The van der Waals surface area contributed by atoms with Crippen LogP contribution in [0.1, 0.15) is 5.69 Å². The minimum atomic E-state index is 0.591. The number of benzene rings is 1. The van der Waals surface area contributed by atoms with E-state index >= 15 is 0 Å². The molecule has 4 heteroatoms. The van der Waals surface area contributed by atoms with Crippen LogP contribution in [0.3, 0.4) is 0 Å². The van der Waals surface area contributed by atoms with E-state index in [2.05, 4.69) is 39.7 Å². The summed E-state index contributed by atoms with van der Waals surface area (Å²) in [6, 6.07) is 19.4. The van der Waals surface area contributed by atoms with E-state index in [1.54, 1.807) is 7.11 Å². The predicted molar refractivity (Wildman–Crippen MR) is 89.3 cm³/mol. The minimum absolute atomic E-state index is 0.591. The smallest absolute Gasteiger partial charge is 0.227 e. The first-order valence-electron chi connectivity index (χ1n) is 6.40. The number of halogens is 1. The quantitative estimate of drug-likeness (QED) is 0.485. The summed E-state index contributed by atoms with van der Waals surface area (Å²) in [5.74, 6) is 2.12. The summed E-state index contributed by atoms with van der Waals surface area (Å²) in [6.07, 6.45) is 0.